The molecule has 240 valence electrons. The zero-order valence-electron chi connectivity index (χ0n) is 27.7. The molecule has 0 spiro atoms. The van der Waals surface area contributed by atoms with Gasteiger partial charge in [0, 0.05) is 53.6 Å². The maximum Gasteiger partial charge on any atom is 0.144 e. The standard InChI is InChI=1S/C48H31NOS/c1-3-13-32(14-4-1)38-17-7-8-18-39(38)33-23-27-36(28-24-33)49(35-15-5-2-6-16-35)37-29-25-34(26-30-37)42-31-43-40-19-10-12-22-45(40)51-48(43)46-41-20-9-11-21-44(41)50-47(42)46/h1-31H. The summed E-state index contributed by atoms with van der Waals surface area (Å²) < 4.78 is 9.21. The van der Waals surface area contributed by atoms with Gasteiger partial charge in [-0.05, 0) is 82.4 Å². The lowest BCUT2D eigenvalue weighted by atomic mass is 9.94. The lowest BCUT2D eigenvalue weighted by Gasteiger charge is -2.26. The average Bonchev–Trinajstić information content (AvgIpc) is 3.78. The number of nitrogens with zero attached hydrogens (tertiary/aromatic N) is 1. The van der Waals surface area contributed by atoms with Crippen molar-refractivity contribution < 1.29 is 4.42 Å². The van der Waals surface area contributed by atoms with E-state index in [4.69, 9.17) is 4.42 Å². The Kier molecular flexibility index (Phi) is 7.04. The van der Waals surface area contributed by atoms with Crippen molar-refractivity contribution in [3.8, 4) is 33.4 Å². The molecule has 2 aromatic heterocycles. The summed E-state index contributed by atoms with van der Waals surface area (Å²) in [5.41, 5.74) is 12.2. The molecule has 0 bridgehead atoms. The minimum Gasteiger partial charge on any atom is -0.455 e. The van der Waals surface area contributed by atoms with Gasteiger partial charge >= 0.3 is 0 Å². The number of fused-ring (bicyclic) bond motifs is 7. The molecule has 0 saturated heterocycles. The van der Waals surface area contributed by atoms with Crippen LogP contribution in [0.3, 0.4) is 0 Å². The van der Waals surface area contributed by atoms with Crippen LogP contribution < -0.4 is 4.90 Å². The Bertz CT molecular complexity index is 2830. The van der Waals surface area contributed by atoms with Gasteiger partial charge in [-0.25, -0.2) is 0 Å². The van der Waals surface area contributed by atoms with Crippen LogP contribution in [0.2, 0.25) is 0 Å². The average molecular weight is 670 g/mol. The molecule has 10 aromatic rings. The maximum atomic E-state index is 6.64. The third-order valence-corrected chi connectivity index (χ3v) is 11.1. The first kappa shape index (κ1) is 29.5. The first-order chi connectivity index (χ1) is 25.3. The van der Waals surface area contributed by atoms with Crippen LogP contribution in [0.15, 0.2) is 192 Å². The Morgan fingerprint density at radius 3 is 1.59 bits per heavy atom. The van der Waals surface area contributed by atoms with E-state index in [0.29, 0.717) is 0 Å². The van der Waals surface area contributed by atoms with Crippen LogP contribution in [0.25, 0.3) is 75.5 Å². The monoisotopic (exact) mass is 669 g/mol. The Labute approximate surface area is 300 Å². The summed E-state index contributed by atoms with van der Waals surface area (Å²) in [4.78, 5) is 2.32. The highest BCUT2D eigenvalue weighted by Crippen LogP contribution is 2.47. The van der Waals surface area contributed by atoms with E-state index >= 15 is 0 Å². The number of rotatable bonds is 6. The first-order valence-corrected chi connectivity index (χ1v) is 18.1. The second kappa shape index (κ2) is 12.2. The van der Waals surface area contributed by atoms with E-state index in [0.717, 1.165) is 44.7 Å². The highest BCUT2D eigenvalue weighted by Gasteiger charge is 2.20. The molecule has 0 fully saturated rings. The second-order valence-electron chi connectivity index (χ2n) is 12.9. The van der Waals surface area contributed by atoms with Gasteiger partial charge in [-0.3, -0.25) is 0 Å². The van der Waals surface area contributed by atoms with Crippen LogP contribution in [0, 0.1) is 0 Å². The zero-order valence-corrected chi connectivity index (χ0v) is 28.5. The summed E-state index contributed by atoms with van der Waals surface area (Å²) in [6.45, 7) is 0. The molecule has 10 rings (SSSR count). The van der Waals surface area contributed by atoms with Gasteiger partial charge in [0.1, 0.15) is 11.2 Å². The molecule has 2 nitrogen and oxygen atoms in total. The van der Waals surface area contributed by atoms with Crippen molar-refractivity contribution in [2.24, 2.45) is 0 Å². The molecule has 2 heterocycles. The fraction of sp³-hybridized carbons (Fsp3) is 0. The van der Waals surface area contributed by atoms with Crippen LogP contribution in [-0.4, -0.2) is 0 Å². The minimum absolute atomic E-state index is 0.917. The predicted molar refractivity (Wildman–Crippen MR) is 218 cm³/mol. The van der Waals surface area contributed by atoms with Gasteiger partial charge in [0.15, 0.2) is 0 Å². The van der Waals surface area contributed by atoms with Crippen LogP contribution >= 0.6 is 11.3 Å². The van der Waals surface area contributed by atoms with Crippen LogP contribution in [-0.2, 0) is 0 Å². The molecule has 0 radical (unpaired) electrons. The first-order valence-electron chi connectivity index (χ1n) is 17.3. The Morgan fingerprint density at radius 1 is 0.392 bits per heavy atom. The number of furan rings is 1. The number of hydrogen-bond donors (Lipinski definition) is 0. The number of benzene rings is 8. The Balaban J connectivity index is 1.08. The van der Waals surface area contributed by atoms with E-state index < -0.39 is 0 Å². The third kappa shape index (κ3) is 5.01. The fourth-order valence-corrected chi connectivity index (χ4v) is 8.73. The molecular weight excluding hydrogens is 639 g/mol. The Morgan fingerprint density at radius 2 is 0.902 bits per heavy atom. The van der Waals surface area contributed by atoms with Gasteiger partial charge in [0.05, 0.1) is 0 Å². The van der Waals surface area contributed by atoms with E-state index in [9.17, 15) is 0 Å². The van der Waals surface area contributed by atoms with Crippen molar-refractivity contribution in [1.29, 1.82) is 0 Å². The van der Waals surface area contributed by atoms with Crippen molar-refractivity contribution in [1.82, 2.24) is 0 Å². The molecule has 0 aliphatic heterocycles. The summed E-state index contributed by atoms with van der Waals surface area (Å²) in [5.74, 6) is 0. The number of anilines is 3. The Hall–Kier alpha value is -6.42. The SMILES string of the molecule is c1ccc(-c2ccccc2-c2ccc(N(c3ccccc3)c3ccc(-c4cc5c6ccccc6sc5c5c4oc4ccccc45)cc3)cc2)cc1. The highest BCUT2D eigenvalue weighted by molar-refractivity contribution is 7.26. The van der Waals surface area contributed by atoms with Gasteiger partial charge < -0.3 is 9.32 Å². The van der Waals surface area contributed by atoms with Crippen LogP contribution in [0.1, 0.15) is 0 Å². The molecule has 8 aromatic carbocycles. The molecule has 0 aliphatic carbocycles. The molecule has 0 unspecified atom stereocenters. The number of thiophene rings is 1. The van der Waals surface area contributed by atoms with Crippen molar-refractivity contribution in [3.05, 3.63) is 188 Å². The molecule has 0 atom stereocenters. The summed E-state index contributed by atoms with van der Waals surface area (Å²) >= 11 is 1.85. The van der Waals surface area contributed by atoms with Gasteiger partial charge in [-0.1, -0.05) is 133 Å². The summed E-state index contributed by atoms with van der Waals surface area (Å²) in [6.07, 6.45) is 0. The largest absolute Gasteiger partial charge is 0.455 e. The van der Waals surface area contributed by atoms with Gasteiger partial charge in [0.2, 0.25) is 0 Å². The van der Waals surface area contributed by atoms with E-state index in [1.807, 2.05) is 17.4 Å². The molecule has 0 amide bonds. The summed E-state index contributed by atoms with van der Waals surface area (Å²) in [7, 11) is 0. The van der Waals surface area contributed by atoms with Crippen LogP contribution in [0.4, 0.5) is 17.1 Å². The summed E-state index contributed by atoms with van der Waals surface area (Å²) in [6, 6.07) is 67.1. The summed E-state index contributed by atoms with van der Waals surface area (Å²) in [5, 5.41) is 4.91. The lowest BCUT2D eigenvalue weighted by Crippen LogP contribution is -2.09. The molecule has 3 heteroatoms. The van der Waals surface area contributed by atoms with Crippen LogP contribution in [0.5, 0.6) is 0 Å². The third-order valence-electron chi connectivity index (χ3n) is 9.89. The van der Waals surface area contributed by atoms with Gasteiger partial charge in [0.25, 0.3) is 0 Å². The van der Waals surface area contributed by atoms with E-state index in [1.165, 1.54) is 47.8 Å². The normalized spacial score (nSPS) is 11.5. The van der Waals surface area contributed by atoms with Crippen molar-refractivity contribution >= 4 is 70.5 Å². The molecule has 0 N–H and O–H groups in total. The maximum absolute atomic E-state index is 6.64. The smallest absolute Gasteiger partial charge is 0.144 e. The minimum atomic E-state index is 0.917. The predicted octanol–water partition coefficient (Wildman–Crippen LogP) is 14.4. The topological polar surface area (TPSA) is 16.4 Å². The fourth-order valence-electron chi connectivity index (χ4n) is 7.49. The quantitative estimate of drug-likeness (QED) is 0.175. The second-order valence-corrected chi connectivity index (χ2v) is 13.9. The van der Waals surface area contributed by atoms with Gasteiger partial charge in [-0.2, -0.15) is 0 Å². The van der Waals surface area contributed by atoms with Gasteiger partial charge in [-0.15, -0.1) is 11.3 Å². The molecule has 0 saturated carbocycles. The van der Waals surface area contributed by atoms with Crippen molar-refractivity contribution in [3.63, 3.8) is 0 Å². The highest BCUT2D eigenvalue weighted by atomic mass is 32.1. The molecular formula is C48H31NOS. The van der Waals surface area contributed by atoms with E-state index in [2.05, 4.69) is 187 Å². The molecule has 51 heavy (non-hydrogen) atoms. The molecule has 0 aliphatic rings. The van der Waals surface area contributed by atoms with E-state index in [1.54, 1.807) is 0 Å². The zero-order chi connectivity index (χ0) is 33.7. The van der Waals surface area contributed by atoms with E-state index in [-0.39, 0.29) is 0 Å². The lowest BCUT2D eigenvalue weighted by molar-refractivity contribution is 0.670. The number of hydrogen-bond acceptors (Lipinski definition) is 3. The number of para-hydroxylation sites is 2. The van der Waals surface area contributed by atoms with Crippen molar-refractivity contribution in [2.75, 3.05) is 4.90 Å². The van der Waals surface area contributed by atoms with Crippen molar-refractivity contribution in [2.45, 2.75) is 0 Å².